The lowest BCUT2D eigenvalue weighted by molar-refractivity contribution is 0.584. The summed E-state index contributed by atoms with van der Waals surface area (Å²) in [5, 5.41) is 2.89. The van der Waals surface area contributed by atoms with Crippen molar-refractivity contribution in [2.75, 3.05) is 11.1 Å². The first-order chi connectivity index (χ1) is 8.04. The second kappa shape index (κ2) is 4.41. The first-order valence-corrected chi connectivity index (χ1v) is 5.14. The van der Waals surface area contributed by atoms with Crippen molar-refractivity contribution >= 4 is 17.1 Å². The van der Waals surface area contributed by atoms with Gasteiger partial charge >= 0.3 is 0 Å². The van der Waals surface area contributed by atoms with Crippen LogP contribution >= 0.6 is 0 Å². The summed E-state index contributed by atoms with van der Waals surface area (Å²) in [5.74, 6) is -1.24. The second-order valence-electron chi connectivity index (χ2n) is 3.85. The first-order valence-electron chi connectivity index (χ1n) is 5.14. The normalized spacial score (nSPS) is 10.3. The van der Waals surface area contributed by atoms with E-state index in [4.69, 9.17) is 5.73 Å². The van der Waals surface area contributed by atoms with Crippen LogP contribution in [0.15, 0.2) is 36.4 Å². The maximum absolute atomic E-state index is 13.0. The molecule has 0 aliphatic rings. The Labute approximate surface area is 98.1 Å². The van der Waals surface area contributed by atoms with E-state index < -0.39 is 11.6 Å². The fourth-order valence-electron chi connectivity index (χ4n) is 1.51. The molecule has 88 valence electrons. The monoisotopic (exact) mass is 234 g/mol. The fraction of sp³-hybridized carbons (Fsp3) is 0.0769. The molecule has 0 saturated heterocycles. The van der Waals surface area contributed by atoms with Gasteiger partial charge in [0.25, 0.3) is 0 Å². The van der Waals surface area contributed by atoms with Gasteiger partial charge in [-0.05, 0) is 36.8 Å². The van der Waals surface area contributed by atoms with Crippen LogP contribution in [0.3, 0.4) is 0 Å². The molecule has 0 amide bonds. The number of nitrogens with one attached hydrogen (secondary N) is 1. The van der Waals surface area contributed by atoms with Gasteiger partial charge in [0.05, 0.1) is 0 Å². The molecular weight excluding hydrogens is 222 g/mol. The van der Waals surface area contributed by atoms with E-state index in [1.54, 1.807) is 12.1 Å². The Bertz CT molecular complexity index is 533. The lowest BCUT2D eigenvalue weighted by atomic mass is 10.2. The van der Waals surface area contributed by atoms with Crippen molar-refractivity contribution in [2.24, 2.45) is 0 Å². The molecule has 0 unspecified atom stereocenters. The van der Waals surface area contributed by atoms with Crippen LogP contribution in [0, 0.1) is 18.6 Å². The molecule has 0 radical (unpaired) electrons. The largest absolute Gasteiger partial charge is 0.398 e. The maximum Gasteiger partial charge on any atom is 0.128 e. The molecule has 2 aromatic carbocycles. The number of nitrogens with two attached hydrogens (primary N) is 1. The van der Waals surface area contributed by atoms with E-state index in [0.717, 1.165) is 11.6 Å². The lowest BCUT2D eigenvalue weighted by Gasteiger charge is -2.08. The molecule has 17 heavy (non-hydrogen) atoms. The molecule has 0 aromatic heterocycles. The number of halogens is 2. The molecule has 2 aromatic rings. The molecule has 0 aliphatic carbocycles. The number of hydrogen-bond acceptors (Lipinski definition) is 2. The number of hydrogen-bond donors (Lipinski definition) is 2. The third kappa shape index (κ3) is 2.72. The van der Waals surface area contributed by atoms with Gasteiger partial charge in [0.1, 0.15) is 11.6 Å². The van der Waals surface area contributed by atoms with Crippen LogP contribution in [0.5, 0.6) is 0 Å². The summed E-state index contributed by atoms with van der Waals surface area (Å²) in [7, 11) is 0. The number of anilines is 3. The molecule has 0 fully saturated rings. The highest BCUT2D eigenvalue weighted by Crippen LogP contribution is 2.22. The van der Waals surface area contributed by atoms with Crippen LogP contribution in [-0.4, -0.2) is 0 Å². The highest BCUT2D eigenvalue weighted by Gasteiger charge is 2.02. The molecule has 2 rings (SSSR count). The van der Waals surface area contributed by atoms with Gasteiger partial charge in [-0.3, -0.25) is 0 Å². The molecular formula is C13H12F2N2. The highest BCUT2D eigenvalue weighted by atomic mass is 19.1. The van der Waals surface area contributed by atoms with E-state index in [1.807, 2.05) is 13.0 Å². The average molecular weight is 234 g/mol. The zero-order valence-electron chi connectivity index (χ0n) is 9.30. The lowest BCUT2D eigenvalue weighted by Crippen LogP contribution is -1.95. The minimum absolute atomic E-state index is 0.353. The summed E-state index contributed by atoms with van der Waals surface area (Å²) in [6.07, 6.45) is 0. The molecule has 4 heteroatoms. The van der Waals surface area contributed by atoms with Crippen LogP contribution in [0.25, 0.3) is 0 Å². The molecule has 0 atom stereocenters. The minimum atomic E-state index is -0.618. The Morgan fingerprint density at radius 1 is 0.941 bits per heavy atom. The van der Waals surface area contributed by atoms with Gasteiger partial charge in [-0.1, -0.05) is 6.07 Å². The Hall–Kier alpha value is -2.10. The Morgan fingerprint density at radius 2 is 1.59 bits per heavy atom. The molecule has 0 heterocycles. The van der Waals surface area contributed by atoms with Crippen molar-refractivity contribution in [1.82, 2.24) is 0 Å². The van der Waals surface area contributed by atoms with E-state index in [-0.39, 0.29) is 0 Å². The van der Waals surface area contributed by atoms with Crippen LogP contribution < -0.4 is 11.1 Å². The molecule has 3 N–H and O–H groups in total. The maximum atomic E-state index is 13.0. The van der Waals surface area contributed by atoms with Crippen molar-refractivity contribution in [3.8, 4) is 0 Å². The van der Waals surface area contributed by atoms with Crippen molar-refractivity contribution in [3.05, 3.63) is 53.6 Å². The van der Waals surface area contributed by atoms with E-state index in [9.17, 15) is 8.78 Å². The van der Waals surface area contributed by atoms with Crippen LogP contribution in [0.2, 0.25) is 0 Å². The fourth-order valence-corrected chi connectivity index (χ4v) is 1.51. The van der Waals surface area contributed by atoms with Crippen molar-refractivity contribution in [3.63, 3.8) is 0 Å². The van der Waals surface area contributed by atoms with Gasteiger partial charge in [-0.15, -0.1) is 0 Å². The third-order valence-corrected chi connectivity index (χ3v) is 2.43. The quantitative estimate of drug-likeness (QED) is 0.779. The summed E-state index contributed by atoms with van der Waals surface area (Å²) >= 11 is 0. The van der Waals surface area contributed by atoms with Gasteiger partial charge in [0, 0.05) is 23.1 Å². The van der Waals surface area contributed by atoms with Crippen molar-refractivity contribution in [1.29, 1.82) is 0 Å². The predicted octanol–water partition coefficient (Wildman–Crippen LogP) is 3.60. The van der Waals surface area contributed by atoms with Gasteiger partial charge in [-0.2, -0.15) is 0 Å². The summed E-state index contributed by atoms with van der Waals surface area (Å²) < 4.78 is 25.9. The van der Waals surface area contributed by atoms with E-state index in [1.165, 1.54) is 12.1 Å². The number of aryl methyl sites for hydroxylation is 1. The highest BCUT2D eigenvalue weighted by molar-refractivity contribution is 5.65. The Kier molecular flexibility index (Phi) is 2.95. The second-order valence-corrected chi connectivity index (χ2v) is 3.85. The topological polar surface area (TPSA) is 38.0 Å². The van der Waals surface area contributed by atoms with Gasteiger partial charge in [0.15, 0.2) is 0 Å². The summed E-state index contributed by atoms with van der Waals surface area (Å²) in [6, 6.07) is 8.63. The molecule has 0 saturated carbocycles. The molecule has 0 bridgehead atoms. The van der Waals surface area contributed by atoms with Crippen molar-refractivity contribution < 1.29 is 8.78 Å². The zero-order valence-corrected chi connectivity index (χ0v) is 9.30. The van der Waals surface area contributed by atoms with E-state index >= 15 is 0 Å². The number of benzene rings is 2. The summed E-state index contributed by atoms with van der Waals surface area (Å²) in [4.78, 5) is 0. The smallest absolute Gasteiger partial charge is 0.128 e. The molecule has 2 nitrogen and oxygen atoms in total. The van der Waals surface area contributed by atoms with Crippen LogP contribution in [0.4, 0.5) is 25.8 Å². The van der Waals surface area contributed by atoms with Crippen molar-refractivity contribution in [2.45, 2.75) is 6.92 Å². The predicted molar refractivity (Wildman–Crippen MR) is 65.2 cm³/mol. The Balaban J connectivity index is 2.28. The molecule has 0 spiro atoms. The van der Waals surface area contributed by atoms with E-state index in [2.05, 4.69) is 5.32 Å². The van der Waals surface area contributed by atoms with Crippen LogP contribution in [-0.2, 0) is 0 Å². The first kappa shape index (κ1) is 11.4. The molecule has 0 aliphatic heterocycles. The number of nitrogen functional groups attached to an aromatic ring is 1. The number of rotatable bonds is 2. The van der Waals surface area contributed by atoms with Gasteiger partial charge in [-0.25, -0.2) is 8.78 Å². The van der Waals surface area contributed by atoms with Gasteiger partial charge < -0.3 is 11.1 Å². The zero-order chi connectivity index (χ0) is 12.4. The average Bonchev–Trinajstić information content (AvgIpc) is 2.22. The van der Waals surface area contributed by atoms with Crippen LogP contribution in [0.1, 0.15) is 5.56 Å². The summed E-state index contributed by atoms with van der Waals surface area (Å²) in [5.41, 5.74) is 8.38. The van der Waals surface area contributed by atoms with Gasteiger partial charge in [0.2, 0.25) is 0 Å². The Morgan fingerprint density at radius 3 is 2.18 bits per heavy atom. The van der Waals surface area contributed by atoms with E-state index in [0.29, 0.717) is 17.1 Å². The SMILES string of the molecule is Cc1ccc(Nc2cc(F)cc(F)c2)cc1N. The third-order valence-electron chi connectivity index (χ3n) is 2.43. The minimum Gasteiger partial charge on any atom is -0.398 e. The standard InChI is InChI=1S/C13H12F2N2/c1-8-2-3-11(7-13(8)16)17-12-5-9(14)4-10(15)6-12/h2-7,17H,16H2,1H3. The summed E-state index contributed by atoms with van der Waals surface area (Å²) in [6.45, 7) is 1.89.